The van der Waals surface area contributed by atoms with Gasteiger partial charge in [0.15, 0.2) is 0 Å². The summed E-state index contributed by atoms with van der Waals surface area (Å²) >= 11 is 0. The second-order valence-corrected chi connectivity index (χ2v) is 3.88. The van der Waals surface area contributed by atoms with Crippen LogP contribution >= 0.6 is 0 Å². The van der Waals surface area contributed by atoms with Gasteiger partial charge in [-0.3, -0.25) is 0 Å². The zero-order valence-electron chi connectivity index (χ0n) is 9.16. The molecule has 0 atom stereocenters. The van der Waals surface area contributed by atoms with E-state index in [1.165, 1.54) is 28.3 Å². The topological polar surface area (TPSA) is 26.0 Å². The van der Waals surface area contributed by atoms with Crippen LogP contribution in [0.1, 0.15) is 24.5 Å². The van der Waals surface area contributed by atoms with Gasteiger partial charge in [-0.05, 0) is 28.3 Å². The van der Waals surface area contributed by atoms with E-state index < -0.39 is 0 Å². The van der Waals surface area contributed by atoms with Gasteiger partial charge in [0.2, 0.25) is 0 Å². The summed E-state index contributed by atoms with van der Waals surface area (Å²) in [5.41, 5.74) is 8.49. The minimum Gasteiger partial charge on any atom is -0.326 e. The van der Waals surface area contributed by atoms with Crippen molar-refractivity contribution in [1.29, 1.82) is 0 Å². The van der Waals surface area contributed by atoms with Crippen molar-refractivity contribution in [3.05, 3.63) is 47.5 Å². The number of hydrogen-bond donors (Lipinski definition) is 1. The van der Waals surface area contributed by atoms with Crippen LogP contribution in [0, 0.1) is 0 Å². The van der Waals surface area contributed by atoms with Crippen LogP contribution in [0.3, 0.4) is 0 Å². The van der Waals surface area contributed by atoms with Crippen LogP contribution in [0.15, 0.2) is 36.4 Å². The summed E-state index contributed by atoms with van der Waals surface area (Å²) in [7, 11) is 0. The SMILES string of the molecule is CCCc1c(CN)ccc2ccccc12. The summed E-state index contributed by atoms with van der Waals surface area (Å²) in [4.78, 5) is 0. The molecule has 2 rings (SSSR count). The summed E-state index contributed by atoms with van der Waals surface area (Å²) in [5.74, 6) is 0. The van der Waals surface area contributed by atoms with Gasteiger partial charge >= 0.3 is 0 Å². The van der Waals surface area contributed by atoms with Gasteiger partial charge in [-0.25, -0.2) is 0 Å². The average Bonchev–Trinajstić information content (AvgIpc) is 2.30. The Morgan fingerprint density at radius 3 is 2.60 bits per heavy atom. The van der Waals surface area contributed by atoms with Crippen molar-refractivity contribution in [2.75, 3.05) is 0 Å². The highest BCUT2D eigenvalue weighted by Gasteiger charge is 2.04. The summed E-state index contributed by atoms with van der Waals surface area (Å²) in [5, 5.41) is 2.68. The molecular formula is C14H17N. The molecule has 0 aromatic heterocycles. The number of aryl methyl sites for hydroxylation is 1. The minimum absolute atomic E-state index is 0.639. The van der Waals surface area contributed by atoms with Crippen LogP contribution in [0.4, 0.5) is 0 Å². The Bertz CT molecular complexity index is 460. The summed E-state index contributed by atoms with van der Waals surface area (Å²) in [6.45, 7) is 2.85. The molecule has 0 aliphatic rings. The summed E-state index contributed by atoms with van der Waals surface area (Å²) in [6.07, 6.45) is 2.29. The highest BCUT2D eigenvalue weighted by Crippen LogP contribution is 2.23. The van der Waals surface area contributed by atoms with Gasteiger partial charge in [0.25, 0.3) is 0 Å². The fourth-order valence-corrected chi connectivity index (χ4v) is 2.12. The maximum absolute atomic E-state index is 5.77. The number of hydrogen-bond acceptors (Lipinski definition) is 1. The molecule has 0 heterocycles. The second-order valence-electron chi connectivity index (χ2n) is 3.88. The Morgan fingerprint density at radius 1 is 1.07 bits per heavy atom. The molecule has 0 saturated carbocycles. The Balaban J connectivity index is 2.67. The lowest BCUT2D eigenvalue weighted by molar-refractivity contribution is 0.902. The van der Waals surface area contributed by atoms with E-state index in [9.17, 15) is 0 Å². The van der Waals surface area contributed by atoms with E-state index in [1.807, 2.05) is 0 Å². The van der Waals surface area contributed by atoms with Gasteiger partial charge in [0.1, 0.15) is 0 Å². The fourth-order valence-electron chi connectivity index (χ4n) is 2.12. The predicted octanol–water partition coefficient (Wildman–Crippen LogP) is 3.25. The van der Waals surface area contributed by atoms with Gasteiger partial charge < -0.3 is 5.73 Å². The third-order valence-electron chi connectivity index (χ3n) is 2.86. The molecule has 15 heavy (non-hydrogen) atoms. The van der Waals surface area contributed by atoms with Crippen molar-refractivity contribution >= 4 is 10.8 Å². The van der Waals surface area contributed by atoms with Crippen LogP contribution in [0.25, 0.3) is 10.8 Å². The number of nitrogens with two attached hydrogens (primary N) is 1. The standard InChI is InChI=1S/C14H17N/c1-2-5-13-12(10-15)9-8-11-6-3-4-7-14(11)13/h3-4,6-9H,2,5,10,15H2,1H3. The van der Waals surface area contributed by atoms with Crippen LogP contribution < -0.4 is 5.73 Å². The van der Waals surface area contributed by atoms with E-state index in [0.717, 1.165) is 6.42 Å². The molecule has 1 nitrogen and oxygen atoms in total. The van der Waals surface area contributed by atoms with Crippen LogP contribution in [-0.2, 0) is 13.0 Å². The first-order valence-corrected chi connectivity index (χ1v) is 5.56. The Morgan fingerprint density at radius 2 is 1.87 bits per heavy atom. The molecule has 2 N–H and O–H groups in total. The molecule has 0 fully saturated rings. The third kappa shape index (κ3) is 1.88. The van der Waals surface area contributed by atoms with Crippen molar-refractivity contribution < 1.29 is 0 Å². The summed E-state index contributed by atoms with van der Waals surface area (Å²) in [6, 6.07) is 12.9. The van der Waals surface area contributed by atoms with Crippen LogP contribution in [0.2, 0.25) is 0 Å². The van der Waals surface area contributed by atoms with Crippen molar-refractivity contribution in [2.24, 2.45) is 5.73 Å². The van der Waals surface area contributed by atoms with Crippen LogP contribution in [-0.4, -0.2) is 0 Å². The summed E-state index contributed by atoms with van der Waals surface area (Å²) < 4.78 is 0. The minimum atomic E-state index is 0.639. The molecule has 2 aromatic rings. The Kier molecular flexibility index (Phi) is 3.02. The molecule has 1 heteroatoms. The maximum Gasteiger partial charge on any atom is 0.0181 e. The van der Waals surface area contributed by atoms with Crippen molar-refractivity contribution in [1.82, 2.24) is 0 Å². The van der Waals surface area contributed by atoms with Crippen molar-refractivity contribution in [3.63, 3.8) is 0 Å². The molecular weight excluding hydrogens is 182 g/mol. The molecule has 0 aliphatic carbocycles. The zero-order chi connectivity index (χ0) is 10.7. The Hall–Kier alpha value is -1.34. The van der Waals surface area contributed by atoms with E-state index >= 15 is 0 Å². The molecule has 0 spiro atoms. The molecule has 0 radical (unpaired) electrons. The van der Waals surface area contributed by atoms with E-state index in [2.05, 4.69) is 43.3 Å². The molecule has 0 aliphatic heterocycles. The fraction of sp³-hybridized carbons (Fsp3) is 0.286. The Labute approximate surface area is 90.9 Å². The van der Waals surface area contributed by atoms with Gasteiger partial charge in [-0.1, -0.05) is 49.7 Å². The van der Waals surface area contributed by atoms with E-state index in [0.29, 0.717) is 6.54 Å². The molecule has 0 bridgehead atoms. The van der Waals surface area contributed by atoms with Gasteiger partial charge in [-0.15, -0.1) is 0 Å². The molecule has 78 valence electrons. The predicted molar refractivity (Wildman–Crippen MR) is 65.8 cm³/mol. The van der Waals surface area contributed by atoms with E-state index in [1.54, 1.807) is 0 Å². The lowest BCUT2D eigenvalue weighted by Crippen LogP contribution is -2.02. The van der Waals surface area contributed by atoms with Gasteiger partial charge in [0, 0.05) is 6.54 Å². The first-order chi connectivity index (χ1) is 7.36. The quantitative estimate of drug-likeness (QED) is 0.806. The van der Waals surface area contributed by atoms with Gasteiger partial charge in [0.05, 0.1) is 0 Å². The molecule has 0 amide bonds. The van der Waals surface area contributed by atoms with Crippen LogP contribution in [0.5, 0.6) is 0 Å². The first kappa shape index (κ1) is 10.2. The second kappa shape index (κ2) is 4.45. The normalized spacial score (nSPS) is 10.8. The van der Waals surface area contributed by atoms with E-state index in [-0.39, 0.29) is 0 Å². The lowest BCUT2D eigenvalue weighted by atomic mass is 9.96. The largest absolute Gasteiger partial charge is 0.326 e. The molecule has 0 saturated heterocycles. The molecule has 0 unspecified atom stereocenters. The number of benzene rings is 2. The lowest BCUT2D eigenvalue weighted by Gasteiger charge is -2.10. The van der Waals surface area contributed by atoms with Gasteiger partial charge in [-0.2, -0.15) is 0 Å². The third-order valence-corrected chi connectivity index (χ3v) is 2.86. The highest BCUT2D eigenvalue weighted by atomic mass is 14.5. The average molecular weight is 199 g/mol. The monoisotopic (exact) mass is 199 g/mol. The van der Waals surface area contributed by atoms with E-state index in [4.69, 9.17) is 5.73 Å². The number of fused-ring (bicyclic) bond motifs is 1. The van der Waals surface area contributed by atoms with Crippen molar-refractivity contribution in [3.8, 4) is 0 Å². The highest BCUT2D eigenvalue weighted by molar-refractivity contribution is 5.86. The first-order valence-electron chi connectivity index (χ1n) is 5.56. The molecule has 2 aromatic carbocycles. The smallest absolute Gasteiger partial charge is 0.0181 e. The number of rotatable bonds is 3. The van der Waals surface area contributed by atoms with Crippen molar-refractivity contribution in [2.45, 2.75) is 26.3 Å². The zero-order valence-corrected chi connectivity index (χ0v) is 9.16. The maximum atomic E-state index is 5.77.